The van der Waals surface area contributed by atoms with Crippen LogP contribution in [0, 0.1) is 0 Å². The molecular weight excluding hydrogens is 345 g/mol. The van der Waals surface area contributed by atoms with Crippen molar-refractivity contribution in [2.75, 3.05) is 49.2 Å². The first kappa shape index (κ1) is 17.3. The van der Waals surface area contributed by atoms with E-state index in [1.807, 2.05) is 0 Å². The number of thioether (sulfide) groups is 1. The van der Waals surface area contributed by atoms with Crippen molar-refractivity contribution >= 4 is 23.5 Å². The second-order valence-corrected chi connectivity index (χ2v) is 6.73. The average Bonchev–Trinajstić information content (AvgIpc) is 2.61. The van der Waals surface area contributed by atoms with Crippen molar-refractivity contribution in [3.63, 3.8) is 0 Å². The molecule has 0 bridgehead atoms. The van der Waals surface area contributed by atoms with Gasteiger partial charge < -0.3 is 14.5 Å². The number of nitrogens with zero attached hydrogens (tertiary/aromatic N) is 4. The predicted octanol–water partition coefficient (Wildman–Crippen LogP) is 1.28. The second kappa shape index (κ2) is 7.14. The minimum atomic E-state index is -4.52. The largest absolute Gasteiger partial charge is 0.433 e. The van der Waals surface area contributed by atoms with Crippen molar-refractivity contribution in [1.29, 1.82) is 0 Å². The molecule has 132 valence electrons. The van der Waals surface area contributed by atoms with Crippen LogP contribution in [-0.2, 0) is 15.7 Å². The Labute approximate surface area is 141 Å². The van der Waals surface area contributed by atoms with Crippen LogP contribution in [-0.4, -0.2) is 71.2 Å². The Morgan fingerprint density at radius 2 is 2.00 bits per heavy atom. The first-order valence-corrected chi connectivity index (χ1v) is 8.73. The Kier molecular flexibility index (Phi) is 5.14. The normalized spacial score (nSPS) is 22.5. The van der Waals surface area contributed by atoms with Gasteiger partial charge in [-0.25, -0.2) is 9.97 Å². The molecule has 2 saturated heterocycles. The van der Waals surface area contributed by atoms with Gasteiger partial charge in [0.2, 0.25) is 0 Å². The zero-order valence-electron chi connectivity index (χ0n) is 12.8. The molecule has 1 aromatic heterocycles. The van der Waals surface area contributed by atoms with Crippen molar-refractivity contribution < 1.29 is 22.7 Å². The summed E-state index contributed by atoms with van der Waals surface area (Å²) in [4.78, 5) is 23.1. The fourth-order valence-electron chi connectivity index (χ4n) is 2.67. The molecule has 3 heterocycles. The van der Waals surface area contributed by atoms with Crippen LogP contribution in [0.5, 0.6) is 0 Å². The van der Waals surface area contributed by atoms with Crippen molar-refractivity contribution in [2.45, 2.75) is 12.3 Å². The van der Waals surface area contributed by atoms with E-state index >= 15 is 0 Å². The highest BCUT2D eigenvalue weighted by Crippen LogP contribution is 2.29. The lowest BCUT2D eigenvalue weighted by atomic mass is 10.2. The molecule has 0 spiro atoms. The number of morpholine rings is 1. The van der Waals surface area contributed by atoms with Gasteiger partial charge in [-0.15, -0.1) is 0 Å². The Hall–Kier alpha value is -1.55. The zero-order chi connectivity index (χ0) is 17.2. The maximum Gasteiger partial charge on any atom is 0.433 e. The molecule has 24 heavy (non-hydrogen) atoms. The molecule has 6 nitrogen and oxygen atoms in total. The maximum atomic E-state index is 12.8. The van der Waals surface area contributed by atoms with Crippen LogP contribution in [0.3, 0.4) is 0 Å². The minimum absolute atomic E-state index is 0.106. The third-order valence-electron chi connectivity index (χ3n) is 3.93. The number of halogens is 3. The van der Waals surface area contributed by atoms with Gasteiger partial charge in [-0.2, -0.15) is 24.9 Å². The van der Waals surface area contributed by atoms with Crippen molar-refractivity contribution in [1.82, 2.24) is 14.9 Å². The lowest BCUT2D eigenvalue weighted by molar-refractivity contribution is -0.144. The SMILES string of the molecule is O=C(C1CN(c2cc(C(F)(F)F)ncn2)CCO1)N1CCSCC1. The van der Waals surface area contributed by atoms with Gasteiger partial charge in [-0.3, -0.25) is 4.79 Å². The quantitative estimate of drug-likeness (QED) is 0.790. The van der Waals surface area contributed by atoms with Gasteiger partial charge in [-0.05, 0) is 0 Å². The van der Waals surface area contributed by atoms with E-state index in [1.165, 1.54) is 0 Å². The fraction of sp³-hybridized carbons (Fsp3) is 0.643. The molecule has 0 aliphatic carbocycles. The van der Waals surface area contributed by atoms with E-state index in [4.69, 9.17) is 4.74 Å². The summed E-state index contributed by atoms with van der Waals surface area (Å²) >= 11 is 1.80. The Morgan fingerprint density at radius 1 is 1.25 bits per heavy atom. The molecule has 0 radical (unpaired) electrons. The molecule has 0 N–H and O–H groups in total. The molecule has 10 heteroatoms. The van der Waals surface area contributed by atoms with Crippen molar-refractivity contribution in [3.05, 3.63) is 18.1 Å². The van der Waals surface area contributed by atoms with E-state index < -0.39 is 18.0 Å². The van der Waals surface area contributed by atoms with Crippen LogP contribution in [0.2, 0.25) is 0 Å². The van der Waals surface area contributed by atoms with Crippen LogP contribution < -0.4 is 4.90 Å². The van der Waals surface area contributed by atoms with E-state index in [-0.39, 0.29) is 24.9 Å². The first-order chi connectivity index (χ1) is 11.4. The van der Waals surface area contributed by atoms with Crippen molar-refractivity contribution in [3.8, 4) is 0 Å². The number of ether oxygens (including phenoxy) is 1. The van der Waals surface area contributed by atoms with Crippen molar-refractivity contribution in [2.24, 2.45) is 0 Å². The molecule has 0 aromatic carbocycles. The van der Waals surface area contributed by atoms with Gasteiger partial charge in [0.1, 0.15) is 17.8 Å². The number of carbonyl (C=O) groups is 1. The fourth-order valence-corrected chi connectivity index (χ4v) is 3.57. The van der Waals surface area contributed by atoms with Crippen LogP contribution in [0.25, 0.3) is 0 Å². The van der Waals surface area contributed by atoms with Gasteiger partial charge >= 0.3 is 6.18 Å². The molecule has 2 fully saturated rings. The molecule has 0 saturated carbocycles. The van der Waals surface area contributed by atoms with E-state index in [0.717, 1.165) is 23.9 Å². The summed E-state index contributed by atoms with van der Waals surface area (Å²) in [7, 11) is 0. The van der Waals surface area contributed by atoms with E-state index in [1.54, 1.807) is 21.6 Å². The smallest absolute Gasteiger partial charge is 0.365 e. The van der Waals surface area contributed by atoms with Crippen LogP contribution >= 0.6 is 11.8 Å². The number of carbonyl (C=O) groups excluding carboxylic acids is 1. The summed E-state index contributed by atoms with van der Waals surface area (Å²) in [6.45, 7) is 2.19. The molecule has 2 aliphatic rings. The number of hydrogen-bond acceptors (Lipinski definition) is 6. The molecule has 1 atom stereocenters. The van der Waals surface area contributed by atoms with Crippen LogP contribution in [0.15, 0.2) is 12.4 Å². The third kappa shape index (κ3) is 3.92. The number of amides is 1. The Bertz CT molecular complexity index is 596. The summed E-state index contributed by atoms with van der Waals surface area (Å²) in [5.41, 5.74) is -0.991. The number of hydrogen-bond donors (Lipinski definition) is 0. The van der Waals surface area contributed by atoms with Crippen LogP contribution in [0.1, 0.15) is 5.69 Å². The Balaban J connectivity index is 1.70. The topological polar surface area (TPSA) is 58.6 Å². The summed E-state index contributed by atoms with van der Waals surface area (Å²) in [5, 5.41) is 0. The van der Waals surface area contributed by atoms with Gasteiger partial charge in [0.15, 0.2) is 6.10 Å². The second-order valence-electron chi connectivity index (χ2n) is 5.50. The molecule has 2 aliphatic heterocycles. The molecular formula is C14H17F3N4O2S. The highest BCUT2D eigenvalue weighted by molar-refractivity contribution is 7.99. The van der Waals surface area contributed by atoms with E-state index in [0.29, 0.717) is 19.6 Å². The average molecular weight is 362 g/mol. The first-order valence-electron chi connectivity index (χ1n) is 7.57. The predicted molar refractivity (Wildman–Crippen MR) is 82.9 cm³/mol. The maximum absolute atomic E-state index is 12.8. The number of rotatable bonds is 2. The molecule has 1 unspecified atom stereocenters. The number of alkyl halides is 3. The van der Waals surface area contributed by atoms with Gasteiger partial charge in [-0.1, -0.05) is 0 Å². The highest BCUT2D eigenvalue weighted by atomic mass is 32.2. The lowest BCUT2D eigenvalue weighted by Gasteiger charge is -2.36. The molecule has 1 aromatic rings. The summed E-state index contributed by atoms with van der Waals surface area (Å²) in [6, 6.07) is 0.907. The monoisotopic (exact) mass is 362 g/mol. The minimum Gasteiger partial charge on any atom is -0.365 e. The van der Waals surface area contributed by atoms with E-state index in [9.17, 15) is 18.0 Å². The number of anilines is 1. The summed E-state index contributed by atoms with van der Waals surface area (Å²) in [6.07, 6.45) is -4.30. The van der Waals surface area contributed by atoms with Crippen LogP contribution in [0.4, 0.5) is 19.0 Å². The van der Waals surface area contributed by atoms with Gasteiger partial charge in [0.05, 0.1) is 13.2 Å². The van der Waals surface area contributed by atoms with E-state index in [2.05, 4.69) is 9.97 Å². The highest BCUT2D eigenvalue weighted by Gasteiger charge is 2.35. The standard InChI is InChI=1S/C14H17F3N4O2S/c15-14(16,17)11-7-12(19-9-18-11)21-1-4-23-10(8-21)13(22)20-2-5-24-6-3-20/h7,9-10H,1-6,8H2. The zero-order valence-corrected chi connectivity index (χ0v) is 13.6. The van der Waals surface area contributed by atoms with Gasteiger partial charge in [0, 0.05) is 37.2 Å². The number of aromatic nitrogens is 2. The summed E-state index contributed by atoms with van der Waals surface area (Å²) in [5.74, 6) is 1.84. The van der Waals surface area contributed by atoms with Gasteiger partial charge in [0.25, 0.3) is 5.91 Å². The Morgan fingerprint density at radius 3 is 2.71 bits per heavy atom. The summed E-state index contributed by atoms with van der Waals surface area (Å²) < 4.78 is 43.9. The molecule has 1 amide bonds. The molecule has 3 rings (SSSR count). The third-order valence-corrected chi connectivity index (χ3v) is 4.87. The lowest BCUT2D eigenvalue weighted by Crippen LogP contribution is -2.52.